The zero-order valence-electron chi connectivity index (χ0n) is 22.7. The molecule has 0 aliphatic carbocycles. The van der Waals surface area contributed by atoms with Gasteiger partial charge in [0.05, 0.1) is 0 Å². The fraction of sp³-hybridized carbons (Fsp3) is 0.182. The Hall–Kier alpha value is -3.27. The third kappa shape index (κ3) is 9.64. The molecule has 1 atom stereocenters. The molecule has 0 bridgehead atoms. The lowest BCUT2D eigenvalue weighted by molar-refractivity contribution is -0.139. The molecular weight excluding hydrogens is 726 g/mol. The van der Waals surface area contributed by atoms with Gasteiger partial charge in [0.25, 0.3) is 5.91 Å². The normalized spacial score (nSPS) is 11.4. The maximum atomic E-state index is 13.8. The maximum absolute atomic E-state index is 13.8. The first kappa shape index (κ1) is 31.7. The molecule has 2 N–H and O–H groups in total. The lowest BCUT2D eigenvalue weighted by Gasteiger charge is -2.32. The minimum Gasteiger partial charge on any atom is -0.326 e. The summed E-state index contributed by atoms with van der Waals surface area (Å²) in [7, 11) is 0. The molecule has 4 aromatic rings. The van der Waals surface area contributed by atoms with Crippen LogP contribution in [-0.4, -0.2) is 29.2 Å². The van der Waals surface area contributed by atoms with Crippen LogP contribution in [0.2, 0.25) is 0 Å². The number of amides is 3. The van der Waals surface area contributed by atoms with Crippen molar-refractivity contribution < 1.29 is 14.4 Å². The molecule has 0 saturated carbocycles. The minimum atomic E-state index is -0.852. The van der Waals surface area contributed by atoms with Gasteiger partial charge in [-0.05, 0) is 84.6 Å². The largest absolute Gasteiger partial charge is 0.326 e. The average molecular weight is 756 g/mol. The van der Waals surface area contributed by atoms with Crippen molar-refractivity contribution >= 4 is 76.9 Å². The van der Waals surface area contributed by atoms with Crippen molar-refractivity contribution in [2.24, 2.45) is 0 Å². The van der Waals surface area contributed by atoms with Gasteiger partial charge in [-0.1, -0.05) is 90.3 Å². The Morgan fingerprint density at radius 3 is 1.74 bits per heavy atom. The second-order valence-corrected chi connectivity index (χ2v) is 12.4. The highest BCUT2D eigenvalue weighted by Gasteiger charge is 2.31. The molecule has 42 heavy (non-hydrogen) atoms. The Labute approximate surface area is 271 Å². The van der Waals surface area contributed by atoms with Crippen LogP contribution in [0.1, 0.15) is 36.4 Å². The second-order valence-electron chi connectivity index (χ2n) is 9.68. The standard InChI is InChI=1S/C33H30Br3N3O3/c34-25-11-9-23(10-12-25)21-22-39(31(41)8-4-7-30(40)37-28-17-13-26(35)14-18-28)32(24-5-2-1-3-6-24)33(42)38-29-19-15-27(36)16-20-29/h1-3,5-6,9-20,32H,4,7-8,21-22H2,(H,37,40)(H,38,42). The zero-order valence-corrected chi connectivity index (χ0v) is 27.5. The smallest absolute Gasteiger partial charge is 0.251 e. The molecule has 0 radical (unpaired) electrons. The quantitative estimate of drug-likeness (QED) is 0.152. The van der Waals surface area contributed by atoms with Crippen molar-refractivity contribution in [3.63, 3.8) is 0 Å². The molecule has 0 heterocycles. The summed E-state index contributed by atoms with van der Waals surface area (Å²) >= 11 is 10.3. The number of rotatable bonds is 12. The number of nitrogens with one attached hydrogen (secondary N) is 2. The summed E-state index contributed by atoms with van der Waals surface area (Å²) in [5.41, 5.74) is 3.09. The molecule has 1 unspecified atom stereocenters. The molecule has 216 valence electrons. The monoisotopic (exact) mass is 753 g/mol. The number of nitrogens with zero attached hydrogens (tertiary/aromatic N) is 1. The van der Waals surface area contributed by atoms with Gasteiger partial charge in [-0.25, -0.2) is 0 Å². The molecule has 0 aliphatic heterocycles. The van der Waals surface area contributed by atoms with Crippen LogP contribution in [0.15, 0.2) is 117 Å². The number of benzene rings is 4. The molecule has 0 fully saturated rings. The highest BCUT2D eigenvalue weighted by Crippen LogP contribution is 2.26. The summed E-state index contributed by atoms with van der Waals surface area (Å²) in [4.78, 5) is 41.8. The average Bonchev–Trinajstić information content (AvgIpc) is 2.98. The van der Waals surface area contributed by atoms with Gasteiger partial charge in [-0.2, -0.15) is 0 Å². The lowest BCUT2D eigenvalue weighted by Crippen LogP contribution is -2.42. The highest BCUT2D eigenvalue weighted by atomic mass is 79.9. The van der Waals surface area contributed by atoms with E-state index in [4.69, 9.17) is 0 Å². The highest BCUT2D eigenvalue weighted by molar-refractivity contribution is 9.11. The van der Waals surface area contributed by atoms with Crippen LogP contribution in [0, 0.1) is 0 Å². The van der Waals surface area contributed by atoms with Gasteiger partial charge in [0, 0.05) is 44.2 Å². The predicted molar refractivity (Wildman–Crippen MR) is 178 cm³/mol. The Bertz CT molecular complexity index is 1480. The lowest BCUT2D eigenvalue weighted by atomic mass is 10.0. The number of carbonyl (C=O) groups excluding carboxylic acids is 3. The fourth-order valence-electron chi connectivity index (χ4n) is 4.45. The van der Waals surface area contributed by atoms with E-state index < -0.39 is 6.04 Å². The minimum absolute atomic E-state index is 0.128. The zero-order chi connectivity index (χ0) is 29.9. The molecule has 4 rings (SSSR count). The van der Waals surface area contributed by atoms with Gasteiger partial charge in [0.1, 0.15) is 6.04 Å². The van der Waals surface area contributed by atoms with Crippen LogP contribution in [0.25, 0.3) is 0 Å². The first-order valence-electron chi connectivity index (χ1n) is 13.5. The molecule has 9 heteroatoms. The molecule has 4 aromatic carbocycles. The van der Waals surface area contributed by atoms with Crippen LogP contribution in [0.4, 0.5) is 11.4 Å². The Morgan fingerprint density at radius 1 is 0.643 bits per heavy atom. The number of anilines is 2. The van der Waals surface area contributed by atoms with E-state index in [0.717, 1.165) is 19.0 Å². The third-order valence-electron chi connectivity index (χ3n) is 6.58. The molecule has 0 aromatic heterocycles. The van der Waals surface area contributed by atoms with E-state index in [1.54, 1.807) is 4.90 Å². The van der Waals surface area contributed by atoms with E-state index in [0.29, 0.717) is 36.3 Å². The summed E-state index contributed by atoms with van der Waals surface area (Å²) in [5.74, 6) is -0.664. The van der Waals surface area contributed by atoms with Gasteiger partial charge in [0.15, 0.2) is 0 Å². The Morgan fingerprint density at radius 2 is 1.17 bits per heavy atom. The topological polar surface area (TPSA) is 78.5 Å². The number of carbonyl (C=O) groups is 3. The van der Waals surface area contributed by atoms with E-state index in [1.165, 1.54) is 0 Å². The molecule has 3 amide bonds. The molecule has 6 nitrogen and oxygen atoms in total. The van der Waals surface area contributed by atoms with E-state index in [2.05, 4.69) is 58.4 Å². The van der Waals surface area contributed by atoms with Crippen LogP contribution in [-0.2, 0) is 20.8 Å². The second kappa shape index (κ2) is 15.8. The van der Waals surface area contributed by atoms with Crippen molar-refractivity contribution in [3.05, 3.63) is 128 Å². The van der Waals surface area contributed by atoms with Crippen molar-refractivity contribution in [1.29, 1.82) is 0 Å². The molecular formula is C33H30Br3N3O3. The fourth-order valence-corrected chi connectivity index (χ4v) is 5.24. The summed E-state index contributed by atoms with van der Waals surface area (Å²) in [6.07, 6.45) is 1.23. The van der Waals surface area contributed by atoms with Crippen LogP contribution < -0.4 is 10.6 Å². The van der Waals surface area contributed by atoms with Crippen molar-refractivity contribution in [2.75, 3.05) is 17.2 Å². The maximum Gasteiger partial charge on any atom is 0.251 e. The van der Waals surface area contributed by atoms with E-state index in [1.807, 2.05) is 103 Å². The van der Waals surface area contributed by atoms with E-state index in [-0.39, 0.29) is 30.6 Å². The first-order valence-corrected chi connectivity index (χ1v) is 15.9. The van der Waals surface area contributed by atoms with E-state index >= 15 is 0 Å². The van der Waals surface area contributed by atoms with Crippen molar-refractivity contribution in [3.8, 4) is 0 Å². The summed E-state index contributed by atoms with van der Waals surface area (Å²) in [6.45, 7) is 0.332. The number of halogens is 3. The van der Waals surface area contributed by atoms with Crippen LogP contribution in [0.5, 0.6) is 0 Å². The SMILES string of the molecule is O=C(CCCC(=O)N(CCc1ccc(Br)cc1)C(C(=O)Nc1ccc(Br)cc1)c1ccccc1)Nc1ccc(Br)cc1. The summed E-state index contributed by atoms with van der Waals surface area (Å²) in [6, 6.07) is 31.0. The Kier molecular flexibility index (Phi) is 11.9. The summed E-state index contributed by atoms with van der Waals surface area (Å²) < 4.78 is 2.79. The predicted octanol–water partition coefficient (Wildman–Crippen LogP) is 8.53. The first-order chi connectivity index (χ1) is 20.3. The number of hydrogen-bond donors (Lipinski definition) is 2. The van der Waals surface area contributed by atoms with E-state index in [9.17, 15) is 14.4 Å². The number of hydrogen-bond acceptors (Lipinski definition) is 3. The Balaban J connectivity index is 1.52. The third-order valence-corrected chi connectivity index (χ3v) is 8.17. The molecule has 0 aliphatic rings. The van der Waals surface area contributed by atoms with Crippen molar-refractivity contribution in [2.45, 2.75) is 31.7 Å². The molecule has 0 spiro atoms. The van der Waals surface area contributed by atoms with Gasteiger partial charge >= 0.3 is 0 Å². The van der Waals surface area contributed by atoms with Crippen LogP contribution in [0.3, 0.4) is 0 Å². The van der Waals surface area contributed by atoms with Gasteiger partial charge < -0.3 is 15.5 Å². The van der Waals surface area contributed by atoms with Crippen LogP contribution >= 0.6 is 47.8 Å². The van der Waals surface area contributed by atoms with Crippen molar-refractivity contribution in [1.82, 2.24) is 4.90 Å². The summed E-state index contributed by atoms with van der Waals surface area (Å²) in [5, 5.41) is 5.85. The molecule has 0 saturated heterocycles. The van der Waals surface area contributed by atoms with Gasteiger partial charge in [0.2, 0.25) is 11.8 Å². The van der Waals surface area contributed by atoms with Gasteiger partial charge in [-0.15, -0.1) is 0 Å². The van der Waals surface area contributed by atoms with Gasteiger partial charge in [-0.3, -0.25) is 14.4 Å².